The molecule has 0 spiro atoms. The number of amidine groups is 1. The molecule has 0 saturated heterocycles. The number of nitrogens with zero attached hydrogens (tertiary/aromatic N) is 1. The molecule has 100 valence electrons. The van der Waals surface area contributed by atoms with Gasteiger partial charge in [0.2, 0.25) is 0 Å². The van der Waals surface area contributed by atoms with E-state index in [-0.39, 0.29) is 5.84 Å². The largest absolute Gasteiger partial charge is 0.494 e. The van der Waals surface area contributed by atoms with Gasteiger partial charge in [0.1, 0.15) is 11.6 Å². The van der Waals surface area contributed by atoms with Crippen molar-refractivity contribution in [3.8, 4) is 5.75 Å². The van der Waals surface area contributed by atoms with Crippen molar-refractivity contribution in [3.63, 3.8) is 0 Å². The molecule has 18 heavy (non-hydrogen) atoms. The predicted octanol–water partition coefficient (Wildman–Crippen LogP) is 1.57. The van der Waals surface area contributed by atoms with Crippen LogP contribution in [0.3, 0.4) is 0 Å². The van der Waals surface area contributed by atoms with Crippen LogP contribution in [0.4, 0.5) is 0 Å². The van der Waals surface area contributed by atoms with Gasteiger partial charge in [0, 0.05) is 6.42 Å². The van der Waals surface area contributed by atoms with Crippen LogP contribution in [0.15, 0.2) is 35.5 Å². The highest BCUT2D eigenvalue weighted by molar-refractivity contribution is 5.79. The Labute approximate surface area is 108 Å². The average molecular weight is 251 g/mol. The Hall–Kier alpha value is -1.75. The molecule has 0 saturated carbocycles. The summed E-state index contributed by atoms with van der Waals surface area (Å²) < 4.78 is 5.56. The van der Waals surface area contributed by atoms with E-state index < -0.39 is 0 Å². The van der Waals surface area contributed by atoms with Gasteiger partial charge in [-0.05, 0) is 38.1 Å². The van der Waals surface area contributed by atoms with Crippen LogP contribution < -0.4 is 15.8 Å². The highest BCUT2D eigenvalue weighted by Crippen LogP contribution is 2.07. The molecular weight excluding hydrogens is 230 g/mol. The normalized spacial score (nSPS) is 11.4. The quantitative estimate of drug-likeness (QED) is 0.205. The summed E-state index contributed by atoms with van der Waals surface area (Å²) in [4.78, 5) is 0. The number of rotatable bonds is 9. The third kappa shape index (κ3) is 6.75. The highest BCUT2D eigenvalue weighted by atomic mass is 16.5. The first kappa shape index (κ1) is 14.3. The second kappa shape index (κ2) is 9.30. The molecule has 1 aromatic carbocycles. The van der Waals surface area contributed by atoms with E-state index >= 15 is 0 Å². The zero-order valence-electron chi connectivity index (χ0n) is 10.5. The fourth-order valence-corrected chi connectivity index (χ4v) is 1.47. The summed E-state index contributed by atoms with van der Waals surface area (Å²) in [7, 11) is 0. The molecule has 0 fully saturated rings. The molecule has 0 bridgehead atoms. The summed E-state index contributed by atoms with van der Waals surface area (Å²) in [5.74, 6) is 1.19. The summed E-state index contributed by atoms with van der Waals surface area (Å²) in [6.07, 6.45) is 2.44. The predicted molar refractivity (Wildman–Crippen MR) is 72.1 cm³/mol. The van der Waals surface area contributed by atoms with Gasteiger partial charge in [-0.15, -0.1) is 0 Å². The van der Waals surface area contributed by atoms with Crippen molar-refractivity contribution in [1.29, 1.82) is 0 Å². The molecule has 0 unspecified atom stereocenters. The smallest absolute Gasteiger partial charge is 0.139 e. The van der Waals surface area contributed by atoms with Crippen LogP contribution in [0.25, 0.3) is 0 Å². The summed E-state index contributed by atoms with van der Waals surface area (Å²) in [6.45, 7) is 2.47. The molecule has 0 radical (unpaired) electrons. The van der Waals surface area contributed by atoms with Gasteiger partial charge in [-0.25, -0.2) is 0 Å². The standard InChI is InChI=1S/C13H21N3O2/c14-13(16-17)8-4-9-15-10-5-11-18-12-6-2-1-3-7-12/h1-3,6-7,15,17H,4-5,8-11H2,(H2,14,16). The van der Waals surface area contributed by atoms with Crippen LogP contribution in [0.1, 0.15) is 19.3 Å². The van der Waals surface area contributed by atoms with Crippen molar-refractivity contribution in [3.05, 3.63) is 30.3 Å². The molecule has 4 N–H and O–H groups in total. The van der Waals surface area contributed by atoms with Crippen LogP contribution in [0.2, 0.25) is 0 Å². The second-order valence-corrected chi connectivity index (χ2v) is 3.96. The zero-order valence-corrected chi connectivity index (χ0v) is 10.5. The molecule has 0 aliphatic heterocycles. The Morgan fingerprint density at radius 3 is 2.67 bits per heavy atom. The molecule has 1 rings (SSSR count). The number of oxime groups is 1. The molecule has 0 heterocycles. The lowest BCUT2D eigenvalue weighted by atomic mass is 10.3. The summed E-state index contributed by atoms with van der Waals surface area (Å²) in [6, 6.07) is 9.78. The molecule has 1 aromatic rings. The molecule has 0 aliphatic rings. The highest BCUT2D eigenvalue weighted by Gasteiger charge is 1.94. The Kier molecular flexibility index (Phi) is 7.39. The topological polar surface area (TPSA) is 79.9 Å². The minimum Gasteiger partial charge on any atom is -0.494 e. The maximum atomic E-state index is 8.34. The summed E-state index contributed by atoms with van der Waals surface area (Å²) >= 11 is 0. The molecule has 0 aromatic heterocycles. The summed E-state index contributed by atoms with van der Waals surface area (Å²) in [5.41, 5.74) is 5.35. The number of nitrogens with two attached hydrogens (primary N) is 1. The van der Waals surface area contributed by atoms with Crippen LogP contribution in [-0.2, 0) is 0 Å². The molecule has 0 atom stereocenters. The van der Waals surface area contributed by atoms with Crippen molar-refractivity contribution in [1.82, 2.24) is 5.32 Å². The Morgan fingerprint density at radius 2 is 1.94 bits per heavy atom. The fourth-order valence-electron chi connectivity index (χ4n) is 1.47. The maximum absolute atomic E-state index is 8.34. The molecule has 0 aliphatic carbocycles. The first-order valence-electron chi connectivity index (χ1n) is 6.18. The lowest BCUT2D eigenvalue weighted by molar-refractivity contribution is 0.308. The van der Waals surface area contributed by atoms with Crippen LogP contribution in [-0.4, -0.2) is 30.7 Å². The number of ether oxygens (including phenoxy) is 1. The van der Waals surface area contributed by atoms with Gasteiger partial charge in [0.25, 0.3) is 0 Å². The van der Waals surface area contributed by atoms with Gasteiger partial charge < -0.3 is 21.0 Å². The Bertz CT molecular complexity index is 341. The zero-order chi connectivity index (χ0) is 13.1. The average Bonchev–Trinajstić information content (AvgIpc) is 2.42. The van der Waals surface area contributed by atoms with E-state index in [4.69, 9.17) is 15.7 Å². The van der Waals surface area contributed by atoms with E-state index in [2.05, 4.69) is 10.5 Å². The molecule has 0 amide bonds. The first-order chi connectivity index (χ1) is 8.83. The number of hydrogen-bond acceptors (Lipinski definition) is 4. The third-order valence-corrected chi connectivity index (χ3v) is 2.42. The number of benzene rings is 1. The SMILES string of the molecule is N/C(CCCNCCCOc1ccccc1)=N\O. The second-order valence-electron chi connectivity index (χ2n) is 3.96. The number of nitrogens with one attached hydrogen (secondary N) is 1. The van der Waals surface area contributed by atoms with Crippen molar-refractivity contribution < 1.29 is 9.94 Å². The van der Waals surface area contributed by atoms with E-state index in [1.807, 2.05) is 30.3 Å². The van der Waals surface area contributed by atoms with Crippen LogP contribution in [0.5, 0.6) is 5.75 Å². The van der Waals surface area contributed by atoms with Gasteiger partial charge in [0.05, 0.1) is 6.61 Å². The summed E-state index contributed by atoms with van der Waals surface area (Å²) in [5, 5.41) is 14.5. The molecule has 5 nitrogen and oxygen atoms in total. The van der Waals surface area contributed by atoms with E-state index in [0.717, 1.165) is 31.7 Å². The number of hydrogen-bond donors (Lipinski definition) is 3. The molecule has 5 heteroatoms. The van der Waals surface area contributed by atoms with Gasteiger partial charge in [-0.3, -0.25) is 0 Å². The first-order valence-corrected chi connectivity index (χ1v) is 6.18. The minimum atomic E-state index is 0.282. The van der Waals surface area contributed by atoms with Crippen LogP contribution >= 0.6 is 0 Å². The van der Waals surface area contributed by atoms with Gasteiger partial charge in [0.15, 0.2) is 0 Å². The van der Waals surface area contributed by atoms with Crippen molar-refractivity contribution in [2.45, 2.75) is 19.3 Å². The van der Waals surface area contributed by atoms with Gasteiger partial charge >= 0.3 is 0 Å². The van der Waals surface area contributed by atoms with Gasteiger partial charge in [-0.2, -0.15) is 0 Å². The maximum Gasteiger partial charge on any atom is 0.139 e. The van der Waals surface area contributed by atoms with Crippen LogP contribution in [0, 0.1) is 0 Å². The van der Waals surface area contributed by atoms with E-state index in [0.29, 0.717) is 13.0 Å². The van der Waals surface area contributed by atoms with E-state index in [1.54, 1.807) is 0 Å². The van der Waals surface area contributed by atoms with Crippen molar-refractivity contribution >= 4 is 5.84 Å². The third-order valence-electron chi connectivity index (χ3n) is 2.42. The fraction of sp³-hybridized carbons (Fsp3) is 0.462. The Balaban J connectivity index is 1.90. The van der Waals surface area contributed by atoms with Crippen molar-refractivity contribution in [2.24, 2.45) is 10.9 Å². The minimum absolute atomic E-state index is 0.282. The van der Waals surface area contributed by atoms with Crippen molar-refractivity contribution in [2.75, 3.05) is 19.7 Å². The molecular formula is C13H21N3O2. The van der Waals surface area contributed by atoms with E-state index in [9.17, 15) is 0 Å². The Morgan fingerprint density at radius 1 is 1.22 bits per heavy atom. The number of para-hydroxylation sites is 1. The lowest BCUT2D eigenvalue weighted by Crippen LogP contribution is -2.21. The van der Waals surface area contributed by atoms with E-state index in [1.165, 1.54) is 0 Å². The monoisotopic (exact) mass is 251 g/mol. The lowest BCUT2D eigenvalue weighted by Gasteiger charge is -2.06. The van der Waals surface area contributed by atoms with Gasteiger partial charge in [-0.1, -0.05) is 23.4 Å².